The van der Waals surface area contributed by atoms with Gasteiger partial charge in [0.25, 0.3) is 0 Å². The van der Waals surface area contributed by atoms with Crippen molar-refractivity contribution in [2.75, 3.05) is 0 Å². The first-order chi connectivity index (χ1) is 6.23. The molecular formula is C9H18N2O3. The van der Waals surface area contributed by atoms with E-state index in [4.69, 9.17) is 5.21 Å². The van der Waals surface area contributed by atoms with E-state index in [2.05, 4.69) is 0 Å². The zero-order valence-corrected chi connectivity index (χ0v) is 9.03. The molecule has 14 heavy (non-hydrogen) atoms. The lowest BCUT2D eigenvalue weighted by molar-refractivity contribution is -0.198. The summed E-state index contributed by atoms with van der Waals surface area (Å²) in [6, 6.07) is 0. The molecule has 0 aromatic heterocycles. The minimum atomic E-state index is -0.656. The molecule has 5 nitrogen and oxygen atoms in total. The number of carbonyl (C=O) groups excluding carboxylic acids is 1. The maximum absolute atomic E-state index is 11.4. The first-order valence-electron chi connectivity index (χ1n) is 4.66. The van der Waals surface area contributed by atoms with Gasteiger partial charge in [0, 0.05) is 5.54 Å². The Hall–Kier alpha value is -0.650. The lowest BCUT2D eigenvalue weighted by Gasteiger charge is -2.35. The van der Waals surface area contributed by atoms with Crippen molar-refractivity contribution in [3.05, 3.63) is 0 Å². The van der Waals surface area contributed by atoms with Gasteiger partial charge in [-0.05, 0) is 34.1 Å². The molecule has 1 aliphatic rings. The van der Waals surface area contributed by atoms with Crippen LogP contribution >= 0.6 is 0 Å². The van der Waals surface area contributed by atoms with Gasteiger partial charge >= 0.3 is 0 Å². The zero-order valence-electron chi connectivity index (χ0n) is 9.03. The van der Waals surface area contributed by atoms with Crippen LogP contribution in [-0.4, -0.2) is 32.5 Å². The summed E-state index contributed by atoms with van der Waals surface area (Å²) in [6.45, 7) is 7.28. The van der Waals surface area contributed by atoms with Crippen molar-refractivity contribution < 1.29 is 15.2 Å². The van der Waals surface area contributed by atoms with Gasteiger partial charge in [-0.2, -0.15) is 5.06 Å². The molecular weight excluding hydrogens is 184 g/mol. The molecule has 0 bridgehead atoms. The topological polar surface area (TPSA) is 72.8 Å². The highest BCUT2D eigenvalue weighted by molar-refractivity contribution is 5.79. The highest BCUT2D eigenvalue weighted by Gasteiger charge is 2.54. The van der Waals surface area contributed by atoms with E-state index in [1.54, 1.807) is 19.3 Å². The Morgan fingerprint density at radius 3 is 2.21 bits per heavy atom. The van der Waals surface area contributed by atoms with E-state index in [1.807, 2.05) is 13.8 Å². The molecule has 0 spiro atoms. The third kappa shape index (κ3) is 1.51. The van der Waals surface area contributed by atoms with Crippen LogP contribution in [0.25, 0.3) is 0 Å². The Bertz CT molecular complexity index is 250. The van der Waals surface area contributed by atoms with Gasteiger partial charge in [-0.25, -0.2) is 5.48 Å². The van der Waals surface area contributed by atoms with Crippen LogP contribution in [0, 0.1) is 5.92 Å². The Labute approximate surface area is 83.6 Å². The molecule has 1 saturated heterocycles. The normalized spacial score (nSPS) is 30.3. The van der Waals surface area contributed by atoms with Crippen molar-refractivity contribution in [3.63, 3.8) is 0 Å². The molecule has 1 amide bonds. The van der Waals surface area contributed by atoms with Crippen molar-refractivity contribution >= 4 is 5.91 Å². The van der Waals surface area contributed by atoms with Gasteiger partial charge in [-0.15, -0.1) is 0 Å². The summed E-state index contributed by atoms with van der Waals surface area (Å²) in [4.78, 5) is 11.4. The average Bonchev–Trinajstić information content (AvgIpc) is 2.25. The summed E-state index contributed by atoms with van der Waals surface area (Å²) in [7, 11) is 0. The average molecular weight is 202 g/mol. The molecule has 0 saturated carbocycles. The standard InChI is InChI=1S/C9H18N2O3/c1-8(2)5-6(7(12)10-13)9(3,4)11(8)14/h6,13-14H,5H2,1-4H3,(H,10,12). The highest BCUT2D eigenvalue weighted by Crippen LogP contribution is 2.43. The molecule has 0 aliphatic carbocycles. The Morgan fingerprint density at radius 2 is 1.93 bits per heavy atom. The monoisotopic (exact) mass is 202 g/mol. The molecule has 1 rings (SSSR count). The summed E-state index contributed by atoms with van der Waals surface area (Å²) < 4.78 is 0. The molecule has 3 N–H and O–H groups in total. The predicted octanol–water partition coefficient (Wildman–Crippen LogP) is 0.760. The number of hydroxylamine groups is 3. The number of amides is 1. The van der Waals surface area contributed by atoms with E-state index in [1.165, 1.54) is 5.06 Å². The van der Waals surface area contributed by atoms with Gasteiger partial charge < -0.3 is 5.21 Å². The van der Waals surface area contributed by atoms with Crippen LogP contribution in [0.15, 0.2) is 0 Å². The number of rotatable bonds is 1. The lowest BCUT2D eigenvalue weighted by atomic mass is 9.86. The SMILES string of the molecule is CC1(C)CC(C(=O)NO)C(C)(C)N1O. The fourth-order valence-corrected chi connectivity index (χ4v) is 2.25. The summed E-state index contributed by atoms with van der Waals surface area (Å²) in [5.41, 5.74) is 0.544. The summed E-state index contributed by atoms with van der Waals surface area (Å²) >= 11 is 0. The number of nitrogens with one attached hydrogen (secondary N) is 1. The van der Waals surface area contributed by atoms with Crippen molar-refractivity contribution in [1.82, 2.24) is 10.5 Å². The molecule has 0 aromatic rings. The fraction of sp³-hybridized carbons (Fsp3) is 0.889. The van der Waals surface area contributed by atoms with Gasteiger partial charge in [-0.1, -0.05) is 0 Å². The highest BCUT2D eigenvalue weighted by atomic mass is 16.5. The smallest absolute Gasteiger partial charge is 0.248 e. The second-order valence-corrected chi connectivity index (χ2v) is 5.01. The van der Waals surface area contributed by atoms with Gasteiger partial charge in [0.2, 0.25) is 5.91 Å². The van der Waals surface area contributed by atoms with Crippen molar-refractivity contribution in [2.24, 2.45) is 5.92 Å². The third-order valence-corrected chi connectivity index (χ3v) is 3.10. The maximum Gasteiger partial charge on any atom is 0.248 e. The zero-order chi connectivity index (χ0) is 11.1. The minimum absolute atomic E-state index is 0.410. The Balaban J connectivity index is 2.97. The van der Waals surface area contributed by atoms with E-state index >= 15 is 0 Å². The molecule has 1 atom stereocenters. The van der Waals surface area contributed by atoms with Gasteiger partial charge in [0.1, 0.15) is 0 Å². The van der Waals surface area contributed by atoms with Crippen LogP contribution in [0.2, 0.25) is 0 Å². The summed E-state index contributed by atoms with van der Waals surface area (Å²) in [6.07, 6.45) is 0.517. The minimum Gasteiger partial charge on any atom is -0.313 e. The second kappa shape index (κ2) is 3.18. The largest absolute Gasteiger partial charge is 0.313 e. The lowest BCUT2D eigenvalue weighted by Crippen LogP contribution is -2.49. The predicted molar refractivity (Wildman–Crippen MR) is 49.8 cm³/mol. The van der Waals surface area contributed by atoms with Crippen molar-refractivity contribution in [3.8, 4) is 0 Å². The van der Waals surface area contributed by atoms with Crippen LogP contribution in [0.3, 0.4) is 0 Å². The van der Waals surface area contributed by atoms with Gasteiger partial charge in [0.15, 0.2) is 0 Å². The van der Waals surface area contributed by atoms with Crippen LogP contribution in [0.5, 0.6) is 0 Å². The molecule has 1 fully saturated rings. The molecule has 1 heterocycles. The molecule has 1 unspecified atom stereocenters. The quantitative estimate of drug-likeness (QED) is 0.433. The molecule has 82 valence electrons. The molecule has 1 aliphatic heterocycles. The molecule has 5 heteroatoms. The Kier molecular flexibility index (Phi) is 2.60. The molecule has 0 radical (unpaired) electrons. The summed E-state index contributed by atoms with van der Waals surface area (Å²) in [5, 5.41) is 19.6. The van der Waals surface area contributed by atoms with E-state index < -0.39 is 22.9 Å². The van der Waals surface area contributed by atoms with Crippen molar-refractivity contribution in [1.29, 1.82) is 0 Å². The second-order valence-electron chi connectivity index (χ2n) is 5.01. The first-order valence-corrected chi connectivity index (χ1v) is 4.66. The Morgan fingerprint density at radius 1 is 1.43 bits per heavy atom. The first kappa shape index (κ1) is 11.4. The fourth-order valence-electron chi connectivity index (χ4n) is 2.25. The number of nitrogens with zero attached hydrogens (tertiary/aromatic N) is 1. The third-order valence-electron chi connectivity index (χ3n) is 3.10. The van der Waals surface area contributed by atoms with Crippen molar-refractivity contribution in [2.45, 2.75) is 45.2 Å². The van der Waals surface area contributed by atoms with E-state index in [0.29, 0.717) is 6.42 Å². The van der Waals surface area contributed by atoms with Gasteiger partial charge in [-0.3, -0.25) is 10.0 Å². The van der Waals surface area contributed by atoms with Crippen LogP contribution < -0.4 is 5.48 Å². The van der Waals surface area contributed by atoms with E-state index in [-0.39, 0.29) is 0 Å². The van der Waals surface area contributed by atoms with Crippen LogP contribution in [0.4, 0.5) is 0 Å². The number of hydrogen-bond donors (Lipinski definition) is 3. The van der Waals surface area contributed by atoms with E-state index in [0.717, 1.165) is 0 Å². The van der Waals surface area contributed by atoms with Crippen LogP contribution in [0.1, 0.15) is 34.1 Å². The summed E-state index contributed by atoms with van der Waals surface area (Å²) in [5.74, 6) is -0.855. The maximum atomic E-state index is 11.4. The van der Waals surface area contributed by atoms with E-state index in [9.17, 15) is 10.0 Å². The number of carbonyl (C=O) groups is 1. The van der Waals surface area contributed by atoms with Crippen LogP contribution in [-0.2, 0) is 4.79 Å². The number of hydrogen-bond acceptors (Lipinski definition) is 4. The van der Waals surface area contributed by atoms with Gasteiger partial charge in [0.05, 0.1) is 11.5 Å². The molecule has 0 aromatic carbocycles.